The van der Waals surface area contributed by atoms with Crippen molar-refractivity contribution in [2.45, 2.75) is 19.4 Å². The molecule has 0 aliphatic carbocycles. The first-order valence-corrected chi connectivity index (χ1v) is 6.18. The van der Waals surface area contributed by atoms with Gasteiger partial charge in [0.25, 0.3) is 0 Å². The maximum atomic E-state index is 11.8. The molecule has 0 atom stereocenters. The van der Waals surface area contributed by atoms with Crippen molar-refractivity contribution in [3.8, 4) is 11.5 Å². The standard InChI is InChI=1S/C14H21NO4/c1-15(13(17)8-5-9-16)10-11-6-4-7-12(18-2)14(11)19-3/h4,6-7,16H,5,8-10H2,1-3H3. The number of carbonyl (C=O) groups is 1. The van der Waals surface area contributed by atoms with Crippen LogP contribution in [0.15, 0.2) is 18.2 Å². The first-order valence-electron chi connectivity index (χ1n) is 6.18. The van der Waals surface area contributed by atoms with Gasteiger partial charge in [0.05, 0.1) is 14.2 Å². The number of carbonyl (C=O) groups excluding carboxylic acids is 1. The van der Waals surface area contributed by atoms with E-state index in [1.807, 2.05) is 18.2 Å². The monoisotopic (exact) mass is 267 g/mol. The highest BCUT2D eigenvalue weighted by Crippen LogP contribution is 2.31. The maximum Gasteiger partial charge on any atom is 0.222 e. The largest absolute Gasteiger partial charge is 0.493 e. The fourth-order valence-corrected chi connectivity index (χ4v) is 1.84. The Morgan fingerprint density at radius 1 is 1.32 bits per heavy atom. The summed E-state index contributed by atoms with van der Waals surface area (Å²) in [6, 6.07) is 5.58. The summed E-state index contributed by atoms with van der Waals surface area (Å²) in [5.41, 5.74) is 0.890. The highest BCUT2D eigenvalue weighted by molar-refractivity contribution is 5.76. The first-order chi connectivity index (χ1) is 9.13. The third-order valence-corrected chi connectivity index (χ3v) is 2.87. The molecule has 1 aromatic rings. The second kappa shape index (κ2) is 7.63. The van der Waals surface area contributed by atoms with Crippen LogP contribution in [-0.4, -0.2) is 43.8 Å². The van der Waals surface area contributed by atoms with Crippen molar-refractivity contribution >= 4 is 5.91 Å². The molecule has 19 heavy (non-hydrogen) atoms. The van der Waals surface area contributed by atoms with Crippen molar-refractivity contribution in [1.29, 1.82) is 0 Å². The van der Waals surface area contributed by atoms with Gasteiger partial charge in [-0.25, -0.2) is 0 Å². The van der Waals surface area contributed by atoms with Crippen LogP contribution in [-0.2, 0) is 11.3 Å². The topological polar surface area (TPSA) is 59.0 Å². The fourth-order valence-electron chi connectivity index (χ4n) is 1.84. The molecule has 1 aromatic carbocycles. The molecule has 0 saturated carbocycles. The summed E-state index contributed by atoms with van der Waals surface area (Å²) in [6.45, 7) is 0.479. The van der Waals surface area contributed by atoms with E-state index in [4.69, 9.17) is 14.6 Å². The Bertz CT molecular complexity index is 420. The van der Waals surface area contributed by atoms with E-state index >= 15 is 0 Å². The number of rotatable bonds is 7. The third kappa shape index (κ3) is 4.13. The van der Waals surface area contributed by atoms with Gasteiger partial charge in [0.1, 0.15) is 0 Å². The molecule has 0 heterocycles. The van der Waals surface area contributed by atoms with Crippen molar-refractivity contribution in [3.63, 3.8) is 0 Å². The molecule has 0 bridgehead atoms. The van der Waals surface area contributed by atoms with E-state index in [1.54, 1.807) is 26.2 Å². The van der Waals surface area contributed by atoms with Crippen LogP contribution < -0.4 is 9.47 Å². The summed E-state index contributed by atoms with van der Waals surface area (Å²) in [4.78, 5) is 13.4. The summed E-state index contributed by atoms with van der Waals surface area (Å²) in [5, 5.41) is 8.73. The Kier molecular flexibility index (Phi) is 6.15. The second-order valence-electron chi connectivity index (χ2n) is 4.23. The summed E-state index contributed by atoms with van der Waals surface area (Å²) >= 11 is 0. The Morgan fingerprint density at radius 3 is 2.63 bits per heavy atom. The SMILES string of the molecule is COc1cccc(CN(C)C(=O)CCCO)c1OC. The lowest BCUT2D eigenvalue weighted by atomic mass is 10.1. The summed E-state index contributed by atoms with van der Waals surface area (Å²) in [5.74, 6) is 1.29. The van der Waals surface area contributed by atoms with Crippen molar-refractivity contribution in [2.24, 2.45) is 0 Å². The average Bonchev–Trinajstić information content (AvgIpc) is 2.44. The van der Waals surface area contributed by atoms with E-state index in [1.165, 1.54) is 0 Å². The molecule has 0 aliphatic rings. The van der Waals surface area contributed by atoms with Gasteiger partial charge in [0, 0.05) is 32.2 Å². The predicted octanol–water partition coefficient (Wildman–Crippen LogP) is 1.43. The van der Waals surface area contributed by atoms with Crippen LogP contribution >= 0.6 is 0 Å². The van der Waals surface area contributed by atoms with Crippen molar-refractivity contribution in [1.82, 2.24) is 4.90 Å². The van der Waals surface area contributed by atoms with Crippen LogP contribution in [0, 0.1) is 0 Å². The van der Waals surface area contributed by atoms with Crippen molar-refractivity contribution in [3.05, 3.63) is 23.8 Å². The Balaban J connectivity index is 2.78. The average molecular weight is 267 g/mol. The van der Waals surface area contributed by atoms with Crippen LogP contribution in [0.3, 0.4) is 0 Å². The number of nitrogens with zero attached hydrogens (tertiary/aromatic N) is 1. The Hall–Kier alpha value is -1.75. The summed E-state index contributed by atoms with van der Waals surface area (Å²) < 4.78 is 10.5. The van der Waals surface area contributed by atoms with Crippen LogP contribution in [0.1, 0.15) is 18.4 Å². The van der Waals surface area contributed by atoms with Crippen LogP contribution in [0.4, 0.5) is 0 Å². The smallest absolute Gasteiger partial charge is 0.222 e. The van der Waals surface area contributed by atoms with Gasteiger partial charge < -0.3 is 19.5 Å². The van der Waals surface area contributed by atoms with Gasteiger partial charge in [-0.05, 0) is 12.5 Å². The van der Waals surface area contributed by atoms with E-state index in [0.29, 0.717) is 30.9 Å². The van der Waals surface area contributed by atoms with Gasteiger partial charge in [0.2, 0.25) is 5.91 Å². The highest BCUT2D eigenvalue weighted by atomic mass is 16.5. The van der Waals surface area contributed by atoms with Gasteiger partial charge in [0.15, 0.2) is 11.5 Å². The maximum absolute atomic E-state index is 11.8. The van der Waals surface area contributed by atoms with Gasteiger partial charge >= 0.3 is 0 Å². The molecule has 0 radical (unpaired) electrons. The number of aliphatic hydroxyl groups excluding tert-OH is 1. The number of hydrogen-bond acceptors (Lipinski definition) is 4. The Labute approximate surface area is 113 Å². The van der Waals surface area contributed by atoms with E-state index in [-0.39, 0.29) is 12.5 Å². The quantitative estimate of drug-likeness (QED) is 0.812. The van der Waals surface area contributed by atoms with Crippen molar-refractivity contribution < 1.29 is 19.4 Å². The normalized spacial score (nSPS) is 10.1. The number of para-hydroxylation sites is 1. The summed E-state index contributed by atoms with van der Waals surface area (Å²) in [6.07, 6.45) is 0.831. The lowest BCUT2D eigenvalue weighted by Gasteiger charge is -2.19. The zero-order valence-electron chi connectivity index (χ0n) is 11.7. The minimum absolute atomic E-state index is 0.000997. The first kappa shape index (κ1) is 15.3. The third-order valence-electron chi connectivity index (χ3n) is 2.87. The minimum Gasteiger partial charge on any atom is -0.493 e. The van der Waals surface area contributed by atoms with Gasteiger partial charge in [-0.15, -0.1) is 0 Å². The summed E-state index contributed by atoms with van der Waals surface area (Å²) in [7, 11) is 4.89. The molecule has 1 rings (SSSR count). The van der Waals surface area contributed by atoms with Crippen molar-refractivity contribution in [2.75, 3.05) is 27.9 Å². The molecular weight excluding hydrogens is 246 g/mol. The molecule has 0 aromatic heterocycles. The molecule has 106 valence electrons. The number of methoxy groups -OCH3 is 2. The molecule has 5 nitrogen and oxygen atoms in total. The number of hydrogen-bond donors (Lipinski definition) is 1. The van der Waals surface area contributed by atoms with Crippen LogP contribution in [0.25, 0.3) is 0 Å². The lowest BCUT2D eigenvalue weighted by molar-refractivity contribution is -0.130. The predicted molar refractivity (Wildman–Crippen MR) is 72.3 cm³/mol. The van der Waals surface area contributed by atoms with E-state index in [2.05, 4.69) is 0 Å². The Morgan fingerprint density at radius 2 is 2.05 bits per heavy atom. The molecule has 0 saturated heterocycles. The second-order valence-corrected chi connectivity index (χ2v) is 4.23. The number of benzene rings is 1. The molecule has 0 aliphatic heterocycles. The molecule has 0 unspecified atom stereocenters. The molecule has 5 heteroatoms. The lowest BCUT2D eigenvalue weighted by Crippen LogP contribution is -2.26. The number of amides is 1. The van der Waals surface area contributed by atoms with Gasteiger partial charge in [-0.2, -0.15) is 0 Å². The molecule has 1 N–H and O–H groups in total. The molecular formula is C14H21NO4. The molecule has 1 amide bonds. The fraction of sp³-hybridized carbons (Fsp3) is 0.500. The van der Waals surface area contributed by atoms with Gasteiger partial charge in [-0.3, -0.25) is 4.79 Å². The van der Waals surface area contributed by atoms with Crippen LogP contribution in [0.5, 0.6) is 11.5 Å². The van der Waals surface area contributed by atoms with Gasteiger partial charge in [-0.1, -0.05) is 12.1 Å². The van der Waals surface area contributed by atoms with E-state index in [9.17, 15) is 4.79 Å². The number of aliphatic hydroxyl groups is 1. The van der Waals surface area contributed by atoms with E-state index < -0.39 is 0 Å². The van der Waals surface area contributed by atoms with E-state index in [0.717, 1.165) is 5.56 Å². The molecule has 0 fully saturated rings. The number of ether oxygens (including phenoxy) is 2. The zero-order valence-corrected chi connectivity index (χ0v) is 11.7. The molecule has 0 spiro atoms. The zero-order chi connectivity index (χ0) is 14.3. The minimum atomic E-state index is -0.000997. The highest BCUT2D eigenvalue weighted by Gasteiger charge is 2.14. The van der Waals surface area contributed by atoms with Crippen LogP contribution in [0.2, 0.25) is 0 Å².